The van der Waals surface area contributed by atoms with Crippen molar-refractivity contribution in [1.29, 1.82) is 5.26 Å². The van der Waals surface area contributed by atoms with Gasteiger partial charge in [0.2, 0.25) is 0 Å². The van der Waals surface area contributed by atoms with Crippen molar-refractivity contribution in [3.8, 4) is 6.07 Å². The van der Waals surface area contributed by atoms with Crippen molar-refractivity contribution in [2.24, 2.45) is 0 Å². The molecule has 0 aromatic heterocycles. The summed E-state index contributed by atoms with van der Waals surface area (Å²) < 4.78 is 27.6. The van der Waals surface area contributed by atoms with Crippen LogP contribution in [0.15, 0.2) is 40.9 Å². The van der Waals surface area contributed by atoms with Crippen LogP contribution >= 0.6 is 15.9 Å². The average Bonchev–Trinajstić information content (AvgIpc) is 2.40. The maximum absolute atomic E-state index is 13.5. The van der Waals surface area contributed by atoms with E-state index in [9.17, 15) is 13.6 Å². The predicted molar refractivity (Wildman–Crippen MR) is 73.2 cm³/mol. The van der Waals surface area contributed by atoms with E-state index in [0.29, 0.717) is 4.47 Å². The number of carbonyl (C=O) groups excluding carboxylic acids is 1. The number of amides is 1. The van der Waals surface area contributed by atoms with Gasteiger partial charge in [-0.2, -0.15) is 5.26 Å². The summed E-state index contributed by atoms with van der Waals surface area (Å²) in [5.41, 5.74) is -0.313. The second-order valence-electron chi connectivity index (χ2n) is 3.85. The molecule has 0 bridgehead atoms. The molecule has 2 aromatic rings. The number of halogens is 3. The third-order valence-electron chi connectivity index (χ3n) is 2.54. The Morgan fingerprint density at radius 3 is 2.45 bits per heavy atom. The van der Waals surface area contributed by atoms with Crippen LogP contribution in [0.5, 0.6) is 0 Å². The molecule has 0 aliphatic rings. The lowest BCUT2D eigenvalue weighted by molar-refractivity contribution is 0.101. The van der Waals surface area contributed by atoms with Gasteiger partial charge in [0.15, 0.2) is 0 Å². The van der Waals surface area contributed by atoms with Crippen molar-refractivity contribution in [3.05, 3.63) is 63.6 Å². The van der Waals surface area contributed by atoms with Gasteiger partial charge in [0.05, 0.1) is 11.3 Å². The van der Waals surface area contributed by atoms with E-state index in [0.717, 1.165) is 12.1 Å². The normalized spacial score (nSPS) is 9.90. The van der Waals surface area contributed by atoms with Crippen molar-refractivity contribution < 1.29 is 13.6 Å². The zero-order chi connectivity index (χ0) is 14.7. The molecule has 20 heavy (non-hydrogen) atoms. The second kappa shape index (κ2) is 5.80. The van der Waals surface area contributed by atoms with E-state index in [-0.39, 0.29) is 11.3 Å². The molecule has 0 aliphatic heterocycles. The van der Waals surface area contributed by atoms with E-state index >= 15 is 0 Å². The molecule has 0 atom stereocenters. The molecule has 6 heteroatoms. The van der Waals surface area contributed by atoms with Crippen molar-refractivity contribution >= 4 is 27.5 Å². The Labute approximate surface area is 122 Å². The van der Waals surface area contributed by atoms with Gasteiger partial charge in [0.25, 0.3) is 5.91 Å². The number of benzene rings is 2. The van der Waals surface area contributed by atoms with Gasteiger partial charge < -0.3 is 5.32 Å². The molecule has 0 aliphatic carbocycles. The number of hydrogen-bond donors (Lipinski definition) is 1. The molecular formula is C14H7BrF2N2O. The van der Waals surface area contributed by atoms with Crippen molar-refractivity contribution in [2.45, 2.75) is 0 Å². The fourth-order valence-electron chi connectivity index (χ4n) is 1.62. The summed E-state index contributed by atoms with van der Waals surface area (Å²) in [6.45, 7) is 0. The fraction of sp³-hybridized carbons (Fsp3) is 0. The van der Waals surface area contributed by atoms with Crippen LogP contribution in [-0.2, 0) is 0 Å². The monoisotopic (exact) mass is 336 g/mol. The van der Waals surface area contributed by atoms with Crippen molar-refractivity contribution in [1.82, 2.24) is 0 Å². The van der Waals surface area contributed by atoms with E-state index in [1.807, 2.05) is 6.07 Å². The minimum absolute atomic E-state index is 0.184. The Bertz CT molecular complexity index is 705. The van der Waals surface area contributed by atoms with Gasteiger partial charge in [0, 0.05) is 4.47 Å². The zero-order valence-corrected chi connectivity index (χ0v) is 11.5. The molecule has 1 amide bonds. The number of nitriles is 1. The largest absolute Gasteiger partial charge is 0.321 e. The van der Waals surface area contributed by atoms with E-state index in [1.165, 1.54) is 18.2 Å². The highest BCUT2D eigenvalue weighted by molar-refractivity contribution is 9.10. The van der Waals surface area contributed by atoms with Crippen LogP contribution in [0.2, 0.25) is 0 Å². The summed E-state index contributed by atoms with van der Waals surface area (Å²) in [7, 11) is 0. The van der Waals surface area contributed by atoms with Gasteiger partial charge in [-0.1, -0.05) is 22.0 Å². The molecule has 0 saturated heterocycles. The molecule has 2 rings (SSSR count). The number of anilines is 1. The summed E-state index contributed by atoms with van der Waals surface area (Å²) >= 11 is 3.19. The zero-order valence-electron chi connectivity index (χ0n) is 9.95. The standard InChI is InChI=1S/C14H7BrF2N2O/c15-9-4-5-12(8(6-9)7-18)19-14(20)13-10(16)2-1-3-11(13)17/h1-6H,(H,19,20). The van der Waals surface area contributed by atoms with Gasteiger partial charge >= 0.3 is 0 Å². The smallest absolute Gasteiger partial charge is 0.261 e. The third kappa shape index (κ3) is 2.83. The first kappa shape index (κ1) is 14.2. The van der Waals surface area contributed by atoms with Gasteiger partial charge in [-0.25, -0.2) is 8.78 Å². The first-order valence-corrected chi connectivity index (χ1v) is 6.27. The van der Waals surface area contributed by atoms with Gasteiger partial charge in [-0.3, -0.25) is 4.79 Å². The summed E-state index contributed by atoms with van der Waals surface area (Å²) in [6.07, 6.45) is 0. The fourth-order valence-corrected chi connectivity index (χ4v) is 1.98. The lowest BCUT2D eigenvalue weighted by Gasteiger charge is -2.08. The molecule has 2 aromatic carbocycles. The van der Waals surface area contributed by atoms with Crippen LogP contribution in [0.4, 0.5) is 14.5 Å². The molecule has 0 fully saturated rings. The van der Waals surface area contributed by atoms with Crippen LogP contribution in [0.1, 0.15) is 15.9 Å². The van der Waals surface area contributed by atoms with Crippen LogP contribution in [-0.4, -0.2) is 5.91 Å². The van der Waals surface area contributed by atoms with E-state index in [2.05, 4.69) is 21.2 Å². The lowest BCUT2D eigenvalue weighted by Crippen LogP contribution is -2.16. The number of nitrogens with one attached hydrogen (secondary N) is 1. The SMILES string of the molecule is N#Cc1cc(Br)ccc1NC(=O)c1c(F)cccc1F. The molecule has 0 radical (unpaired) electrons. The van der Waals surface area contributed by atoms with Gasteiger partial charge in [-0.15, -0.1) is 0 Å². The molecule has 100 valence electrons. The predicted octanol–water partition coefficient (Wildman–Crippen LogP) is 3.85. The maximum Gasteiger partial charge on any atom is 0.261 e. The summed E-state index contributed by atoms with van der Waals surface area (Å²) in [6, 6.07) is 9.61. The third-order valence-corrected chi connectivity index (χ3v) is 3.03. The topological polar surface area (TPSA) is 52.9 Å². The van der Waals surface area contributed by atoms with E-state index in [1.54, 1.807) is 6.07 Å². The van der Waals surface area contributed by atoms with E-state index < -0.39 is 23.1 Å². The quantitative estimate of drug-likeness (QED) is 0.905. The molecule has 0 spiro atoms. The molecule has 1 N–H and O–H groups in total. The van der Waals surface area contributed by atoms with Crippen molar-refractivity contribution in [3.63, 3.8) is 0 Å². The lowest BCUT2D eigenvalue weighted by atomic mass is 10.1. The molecular weight excluding hydrogens is 330 g/mol. The summed E-state index contributed by atoms with van der Waals surface area (Å²) in [4.78, 5) is 11.9. The van der Waals surface area contributed by atoms with Gasteiger partial charge in [0.1, 0.15) is 23.3 Å². The Kier molecular flexibility index (Phi) is 4.11. The highest BCUT2D eigenvalue weighted by atomic mass is 79.9. The summed E-state index contributed by atoms with van der Waals surface area (Å²) in [5, 5.41) is 11.3. The Hall–Kier alpha value is -2.26. The van der Waals surface area contributed by atoms with Crippen molar-refractivity contribution in [2.75, 3.05) is 5.32 Å². The highest BCUT2D eigenvalue weighted by Crippen LogP contribution is 2.22. The Morgan fingerprint density at radius 1 is 1.20 bits per heavy atom. The van der Waals surface area contributed by atoms with E-state index in [4.69, 9.17) is 5.26 Å². The molecule has 0 saturated carbocycles. The highest BCUT2D eigenvalue weighted by Gasteiger charge is 2.18. The number of carbonyl (C=O) groups is 1. The first-order chi connectivity index (χ1) is 9.52. The Balaban J connectivity index is 2.36. The minimum Gasteiger partial charge on any atom is -0.321 e. The average molecular weight is 337 g/mol. The summed E-state index contributed by atoms with van der Waals surface area (Å²) in [5.74, 6) is -2.87. The number of nitrogens with zero attached hydrogens (tertiary/aromatic N) is 1. The molecule has 0 unspecified atom stereocenters. The van der Waals surface area contributed by atoms with Gasteiger partial charge in [-0.05, 0) is 30.3 Å². The Morgan fingerprint density at radius 2 is 1.85 bits per heavy atom. The number of rotatable bonds is 2. The minimum atomic E-state index is -0.960. The van der Waals surface area contributed by atoms with Crippen LogP contribution in [0.3, 0.4) is 0 Å². The van der Waals surface area contributed by atoms with Crippen LogP contribution in [0, 0.1) is 23.0 Å². The second-order valence-corrected chi connectivity index (χ2v) is 4.77. The van der Waals surface area contributed by atoms with Crippen LogP contribution in [0.25, 0.3) is 0 Å². The molecule has 0 heterocycles. The van der Waals surface area contributed by atoms with Crippen LogP contribution < -0.4 is 5.32 Å². The molecule has 3 nitrogen and oxygen atoms in total. The maximum atomic E-state index is 13.5. The number of hydrogen-bond acceptors (Lipinski definition) is 2. The first-order valence-electron chi connectivity index (χ1n) is 5.48.